The van der Waals surface area contributed by atoms with Crippen LogP contribution in [0.25, 0.3) is 0 Å². The van der Waals surface area contributed by atoms with Crippen LogP contribution in [0.15, 0.2) is 42.5 Å². The molecule has 0 saturated heterocycles. The molecule has 0 spiro atoms. The molecule has 0 saturated carbocycles. The molecule has 2 atom stereocenters. The predicted octanol–water partition coefficient (Wildman–Crippen LogP) is 4.12. The van der Waals surface area contributed by atoms with E-state index in [1.807, 2.05) is 37.3 Å². The molecule has 2 N–H and O–H groups in total. The number of ether oxygens (including phenoxy) is 1. The van der Waals surface area contributed by atoms with Crippen LogP contribution in [0.4, 0.5) is 0 Å². The second-order valence-electron chi connectivity index (χ2n) is 5.41. The van der Waals surface area contributed by atoms with Crippen LogP contribution in [0.2, 0.25) is 0 Å². The first-order chi connectivity index (χ1) is 10.0. The largest absolute Gasteiger partial charge is 0.508 e. The van der Waals surface area contributed by atoms with Crippen LogP contribution in [0.5, 0.6) is 11.5 Å². The van der Waals surface area contributed by atoms with E-state index in [4.69, 9.17) is 4.74 Å². The van der Waals surface area contributed by atoms with Crippen molar-refractivity contribution in [3.63, 3.8) is 0 Å². The maximum atomic E-state index is 10.1. The monoisotopic (exact) mass is 285 g/mol. The average Bonchev–Trinajstić information content (AvgIpc) is 2.46. The zero-order valence-electron chi connectivity index (χ0n) is 13.1. The van der Waals surface area contributed by atoms with E-state index < -0.39 is 0 Å². The number of hydrogen-bond acceptors (Lipinski definition) is 3. The average molecular weight is 285 g/mol. The fourth-order valence-electron chi connectivity index (χ4n) is 2.60. The molecule has 0 amide bonds. The van der Waals surface area contributed by atoms with Crippen molar-refractivity contribution in [2.24, 2.45) is 0 Å². The second-order valence-corrected chi connectivity index (χ2v) is 5.41. The summed E-state index contributed by atoms with van der Waals surface area (Å²) in [6, 6.07) is 13.9. The molecule has 0 aliphatic rings. The van der Waals surface area contributed by atoms with E-state index >= 15 is 0 Å². The minimum atomic E-state index is 0.0468. The van der Waals surface area contributed by atoms with Crippen LogP contribution >= 0.6 is 0 Å². The Morgan fingerprint density at radius 3 is 2.33 bits per heavy atom. The summed E-state index contributed by atoms with van der Waals surface area (Å²) in [6.45, 7) is 6.12. The van der Waals surface area contributed by atoms with Gasteiger partial charge in [0, 0.05) is 23.2 Å². The first kappa shape index (κ1) is 15.4. The normalized spacial score (nSPS) is 13.7. The van der Waals surface area contributed by atoms with E-state index in [0.717, 1.165) is 22.4 Å². The van der Waals surface area contributed by atoms with Crippen molar-refractivity contribution in [2.45, 2.75) is 32.9 Å². The number of aryl methyl sites for hydroxylation is 1. The fraction of sp³-hybridized carbons (Fsp3) is 0.333. The van der Waals surface area contributed by atoms with E-state index in [-0.39, 0.29) is 12.1 Å². The fourth-order valence-corrected chi connectivity index (χ4v) is 2.60. The lowest BCUT2D eigenvalue weighted by molar-refractivity contribution is 0.394. The number of para-hydroxylation sites is 1. The maximum absolute atomic E-state index is 10.1. The summed E-state index contributed by atoms with van der Waals surface area (Å²) >= 11 is 0. The Kier molecular flexibility index (Phi) is 4.86. The standard InChI is InChI=1S/C18H23NO2/c1-12-9-10-15(17(20)11-12)13(2)19-14(3)16-7-5-6-8-18(16)21-4/h5-11,13-14,19-20H,1-4H3/t13?,14-/m0/s1. The highest BCUT2D eigenvalue weighted by Crippen LogP contribution is 2.30. The van der Waals surface area contributed by atoms with Crippen molar-refractivity contribution in [3.8, 4) is 11.5 Å². The number of methoxy groups -OCH3 is 1. The van der Waals surface area contributed by atoms with Crippen molar-refractivity contribution in [1.29, 1.82) is 0 Å². The molecule has 0 bridgehead atoms. The minimum absolute atomic E-state index is 0.0468. The van der Waals surface area contributed by atoms with Crippen LogP contribution in [-0.4, -0.2) is 12.2 Å². The quantitative estimate of drug-likeness (QED) is 0.868. The van der Waals surface area contributed by atoms with Crippen molar-refractivity contribution in [2.75, 3.05) is 7.11 Å². The van der Waals surface area contributed by atoms with Gasteiger partial charge in [0.15, 0.2) is 0 Å². The molecular formula is C18H23NO2. The van der Waals surface area contributed by atoms with E-state index in [9.17, 15) is 5.11 Å². The van der Waals surface area contributed by atoms with Crippen molar-refractivity contribution in [1.82, 2.24) is 5.32 Å². The van der Waals surface area contributed by atoms with Crippen LogP contribution in [-0.2, 0) is 0 Å². The van der Waals surface area contributed by atoms with Gasteiger partial charge >= 0.3 is 0 Å². The molecule has 2 rings (SSSR count). The number of nitrogens with one attached hydrogen (secondary N) is 1. The lowest BCUT2D eigenvalue weighted by Crippen LogP contribution is -2.23. The summed E-state index contributed by atoms with van der Waals surface area (Å²) in [5, 5.41) is 13.6. The van der Waals surface area contributed by atoms with E-state index in [1.54, 1.807) is 13.2 Å². The van der Waals surface area contributed by atoms with Gasteiger partial charge in [-0.1, -0.05) is 30.3 Å². The van der Waals surface area contributed by atoms with Crippen LogP contribution < -0.4 is 10.1 Å². The van der Waals surface area contributed by atoms with Gasteiger partial charge in [-0.2, -0.15) is 0 Å². The number of phenolic OH excluding ortho intramolecular Hbond substituents is 1. The first-order valence-corrected chi connectivity index (χ1v) is 7.21. The van der Waals surface area contributed by atoms with Gasteiger partial charge in [-0.15, -0.1) is 0 Å². The smallest absolute Gasteiger partial charge is 0.123 e. The predicted molar refractivity (Wildman–Crippen MR) is 85.8 cm³/mol. The highest BCUT2D eigenvalue weighted by atomic mass is 16.5. The molecule has 0 aromatic heterocycles. The molecule has 0 radical (unpaired) electrons. The summed E-state index contributed by atoms with van der Waals surface area (Å²) in [5.41, 5.74) is 3.07. The van der Waals surface area contributed by atoms with E-state index in [0.29, 0.717) is 5.75 Å². The molecule has 3 heteroatoms. The zero-order valence-corrected chi connectivity index (χ0v) is 13.1. The summed E-state index contributed by atoms with van der Waals surface area (Å²) in [4.78, 5) is 0. The molecule has 112 valence electrons. The Morgan fingerprint density at radius 1 is 1.00 bits per heavy atom. The van der Waals surface area contributed by atoms with Gasteiger partial charge in [0.05, 0.1) is 7.11 Å². The van der Waals surface area contributed by atoms with E-state index in [2.05, 4.69) is 25.2 Å². The topological polar surface area (TPSA) is 41.5 Å². The maximum Gasteiger partial charge on any atom is 0.123 e. The minimum Gasteiger partial charge on any atom is -0.508 e. The number of rotatable bonds is 5. The molecule has 2 aromatic rings. The lowest BCUT2D eigenvalue weighted by atomic mass is 10.0. The molecule has 0 aliphatic heterocycles. The zero-order chi connectivity index (χ0) is 15.4. The van der Waals surface area contributed by atoms with Crippen molar-refractivity contribution >= 4 is 0 Å². The summed E-state index contributed by atoms with van der Waals surface area (Å²) in [6.07, 6.45) is 0. The van der Waals surface area contributed by atoms with Gasteiger partial charge in [0.1, 0.15) is 11.5 Å². The Morgan fingerprint density at radius 2 is 1.67 bits per heavy atom. The molecule has 21 heavy (non-hydrogen) atoms. The Hall–Kier alpha value is -2.00. The SMILES string of the molecule is COc1ccccc1[C@H](C)NC(C)c1ccc(C)cc1O. The summed E-state index contributed by atoms with van der Waals surface area (Å²) in [7, 11) is 1.68. The van der Waals surface area contributed by atoms with Gasteiger partial charge in [0.25, 0.3) is 0 Å². The molecule has 0 heterocycles. The first-order valence-electron chi connectivity index (χ1n) is 7.21. The van der Waals surface area contributed by atoms with Gasteiger partial charge in [-0.05, 0) is 38.5 Å². The van der Waals surface area contributed by atoms with Crippen LogP contribution in [0.1, 0.15) is 42.6 Å². The molecule has 0 fully saturated rings. The third-order valence-corrected chi connectivity index (χ3v) is 3.76. The molecule has 3 nitrogen and oxygen atoms in total. The Labute approximate surface area is 126 Å². The van der Waals surface area contributed by atoms with Crippen LogP contribution in [0.3, 0.4) is 0 Å². The Balaban J connectivity index is 2.16. The third kappa shape index (κ3) is 3.56. The second kappa shape index (κ2) is 6.64. The highest BCUT2D eigenvalue weighted by Gasteiger charge is 2.16. The van der Waals surface area contributed by atoms with Gasteiger partial charge in [-0.3, -0.25) is 0 Å². The molecular weight excluding hydrogens is 262 g/mol. The summed E-state index contributed by atoms with van der Waals surface area (Å²) < 4.78 is 5.40. The Bertz CT molecular complexity index is 610. The van der Waals surface area contributed by atoms with Gasteiger partial charge in [0.2, 0.25) is 0 Å². The molecule has 2 aromatic carbocycles. The van der Waals surface area contributed by atoms with Gasteiger partial charge < -0.3 is 15.2 Å². The van der Waals surface area contributed by atoms with E-state index in [1.165, 1.54) is 0 Å². The molecule has 0 aliphatic carbocycles. The summed E-state index contributed by atoms with van der Waals surface area (Å²) in [5.74, 6) is 1.21. The number of phenols is 1. The molecule has 1 unspecified atom stereocenters. The lowest BCUT2D eigenvalue weighted by Gasteiger charge is -2.23. The van der Waals surface area contributed by atoms with Gasteiger partial charge in [-0.25, -0.2) is 0 Å². The highest BCUT2D eigenvalue weighted by molar-refractivity contribution is 5.39. The van der Waals surface area contributed by atoms with Crippen LogP contribution in [0, 0.1) is 6.92 Å². The third-order valence-electron chi connectivity index (χ3n) is 3.76. The van der Waals surface area contributed by atoms with Crippen molar-refractivity contribution in [3.05, 3.63) is 59.2 Å². The number of benzene rings is 2. The number of hydrogen-bond donors (Lipinski definition) is 2. The van der Waals surface area contributed by atoms with Crippen molar-refractivity contribution < 1.29 is 9.84 Å². The number of aromatic hydroxyl groups is 1.